The first-order valence-corrected chi connectivity index (χ1v) is 7.94. The van der Waals surface area contributed by atoms with E-state index in [2.05, 4.69) is 54.0 Å². The van der Waals surface area contributed by atoms with Crippen LogP contribution in [0.2, 0.25) is 0 Å². The molecule has 0 spiro atoms. The Kier molecular flexibility index (Phi) is 4.82. The lowest BCUT2D eigenvalue weighted by molar-refractivity contribution is 0.606. The number of nitrogens with one attached hydrogen (secondary N) is 1. The molecule has 4 nitrogen and oxygen atoms in total. The number of fused-ring (bicyclic) bond motifs is 1. The van der Waals surface area contributed by atoms with Crippen LogP contribution in [0.3, 0.4) is 0 Å². The van der Waals surface area contributed by atoms with E-state index in [-0.39, 0.29) is 0 Å². The number of hydrogen-bond donors (Lipinski definition) is 1. The first kappa shape index (κ1) is 14.3. The minimum atomic E-state index is 0.523. The van der Waals surface area contributed by atoms with Crippen LogP contribution in [0.4, 0.5) is 5.82 Å². The summed E-state index contributed by atoms with van der Waals surface area (Å²) in [6.45, 7) is 8.48. The number of hydrogen-bond acceptors (Lipinski definition) is 4. The van der Waals surface area contributed by atoms with Gasteiger partial charge in [0, 0.05) is 31.2 Å². The minimum absolute atomic E-state index is 0.523. The Hall–Kier alpha value is -1.07. The molecule has 2 rings (SSSR count). The largest absolute Gasteiger partial charge is 0.355 e. The standard InChI is InChI=1S/C14H24N4S/c1-5-7-11(3)17(4)13-12(10-15-6-2)18-8-9-19-14(18)16-13/h8-9,11,15H,5-7,10H2,1-4H3. The molecule has 2 aromatic rings. The van der Waals surface area contributed by atoms with Crippen molar-refractivity contribution in [3.05, 3.63) is 17.3 Å². The Morgan fingerprint density at radius 3 is 2.95 bits per heavy atom. The number of rotatable bonds is 7. The fourth-order valence-electron chi connectivity index (χ4n) is 2.33. The van der Waals surface area contributed by atoms with Gasteiger partial charge < -0.3 is 10.2 Å². The van der Waals surface area contributed by atoms with Gasteiger partial charge in [-0.3, -0.25) is 4.40 Å². The van der Waals surface area contributed by atoms with Gasteiger partial charge in [-0.25, -0.2) is 4.98 Å². The van der Waals surface area contributed by atoms with Crippen LogP contribution in [-0.4, -0.2) is 29.0 Å². The molecule has 1 atom stereocenters. The molecule has 0 aliphatic carbocycles. The van der Waals surface area contributed by atoms with Crippen LogP contribution in [0.5, 0.6) is 0 Å². The van der Waals surface area contributed by atoms with Crippen LogP contribution in [0.15, 0.2) is 11.6 Å². The van der Waals surface area contributed by atoms with E-state index in [4.69, 9.17) is 4.98 Å². The van der Waals surface area contributed by atoms with E-state index in [1.165, 1.54) is 18.5 Å². The molecule has 5 heteroatoms. The fraction of sp³-hybridized carbons (Fsp3) is 0.643. The second-order valence-electron chi connectivity index (χ2n) is 4.97. The van der Waals surface area contributed by atoms with Crippen molar-refractivity contribution in [1.82, 2.24) is 14.7 Å². The Labute approximate surface area is 119 Å². The lowest BCUT2D eigenvalue weighted by Gasteiger charge is -2.25. The molecule has 2 heterocycles. The Bertz CT molecular complexity index is 516. The summed E-state index contributed by atoms with van der Waals surface area (Å²) in [5, 5.41) is 5.51. The average Bonchev–Trinajstić information content (AvgIpc) is 2.96. The minimum Gasteiger partial charge on any atom is -0.355 e. The topological polar surface area (TPSA) is 32.6 Å². The molecule has 0 saturated heterocycles. The molecule has 0 amide bonds. The van der Waals surface area contributed by atoms with Gasteiger partial charge in [0.1, 0.15) is 0 Å². The lowest BCUT2D eigenvalue weighted by atomic mass is 10.1. The number of nitrogens with zero attached hydrogens (tertiary/aromatic N) is 3. The van der Waals surface area contributed by atoms with Crippen LogP contribution in [0, 0.1) is 0 Å². The molecule has 0 aliphatic rings. The smallest absolute Gasteiger partial charge is 0.195 e. The highest BCUT2D eigenvalue weighted by atomic mass is 32.1. The molecule has 0 aliphatic heterocycles. The van der Waals surface area contributed by atoms with Crippen LogP contribution in [0.1, 0.15) is 39.3 Å². The predicted molar refractivity (Wildman–Crippen MR) is 83.2 cm³/mol. The predicted octanol–water partition coefficient (Wildman–Crippen LogP) is 3.13. The van der Waals surface area contributed by atoms with Gasteiger partial charge >= 0.3 is 0 Å². The maximum atomic E-state index is 4.80. The van der Waals surface area contributed by atoms with Gasteiger partial charge in [-0.15, -0.1) is 11.3 Å². The van der Waals surface area contributed by atoms with Crippen molar-refractivity contribution < 1.29 is 0 Å². The monoisotopic (exact) mass is 280 g/mol. The molecule has 0 fully saturated rings. The van der Waals surface area contributed by atoms with Gasteiger partial charge in [0.05, 0.1) is 5.69 Å². The maximum Gasteiger partial charge on any atom is 0.195 e. The van der Waals surface area contributed by atoms with E-state index >= 15 is 0 Å². The summed E-state index contributed by atoms with van der Waals surface area (Å²) < 4.78 is 2.21. The lowest BCUT2D eigenvalue weighted by Crippen LogP contribution is -2.30. The SMILES string of the molecule is CCCC(C)N(C)c1nc2sccn2c1CNCC. The van der Waals surface area contributed by atoms with Crippen LogP contribution in [-0.2, 0) is 6.54 Å². The number of imidazole rings is 1. The van der Waals surface area contributed by atoms with Crippen molar-refractivity contribution in [3.8, 4) is 0 Å². The Morgan fingerprint density at radius 2 is 2.26 bits per heavy atom. The van der Waals surface area contributed by atoms with E-state index < -0.39 is 0 Å². The summed E-state index contributed by atoms with van der Waals surface area (Å²) in [5.41, 5.74) is 1.27. The molecular weight excluding hydrogens is 256 g/mol. The molecule has 1 N–H and O–H groups in total. The highest BCUT2D eigenvalue weighted by Crippen LogP contribution is 2.26. The highest BCUT2D eigenvalue weighted by Gasteiger charge is 2.19. The summed E-state index contributed by atoms with van der Waals surface area (Å²) in [4.78, 5) is 8.19. The zero-order valence-electron chi connectivity index (χ0n) is 12.3. The first-order valence-electron chi connectivity index (χ1n) is 7.07. The third-order valence-electron chi connectivity index (χ3n) is 3.58. The first-order chi connectivity index (χ1) is 9.19. The maximum absolute atomic E-state index is 4.80. The molecule has 106 valence electrons. The molecule has 19 heavy (non-hydrogen) atoms. The van der Waals surface area contributed by atoms with E-state index in [1.807, 2.05) is 0 Å². The summed E-state index contributed by atoms with van der Waals surface area (Å²) in [6, 6.07) is 0.523. The van der Waals surface area contributed by atoms with Gasteiger partial charge in [-0.1, -0.05) is 20.3 Å². The van der Waals surface area contributed by atoms with Crippen molar-refractivity contribution in [2.75, 3.05) is 18.5 Å². The highest BCUT2D eigenvalue weighted by molar-refractivity contribution is 7.15. The second kappa shape index (κ2) is 6.39. The Balaban J connectivity index is 2.32. The molecular formula is C14H24N4S. The van der Waals surface area contributed by atoms with Crippen LogP contribution >= 0.6 is 11.3 Å². The van der Waals surface area contributed by atoms with E-state index in [1.54, 1.807) is 11.3 Å². The summed E-state index contributed by atoms with van der Waals surface area (Å²) in [6.07, 6.45) is 4.51. The van der Waals surface area contributed by atoms with Crippen molar-refractivity contribution in [3.63, 3.8) is 0 Å². The molecule has 0 radical (unpaired) electrons. The number of anilines is 1. The fourth-order valence-corrected chi connectivity index (χ4v) is 3.06. The third kappa shape index (κ3) is 2.92. The third-order valence-corrected chi connectivity index (χ3v) is 4.34. The van der Waals surface area contributed by atoms with Crippen LogP contribution < -0.4 is 10.2 Å². The quantitative estimate of drug-likeness (QED) is 0.846. The summed E-state index contributed by atoms with van der Waals surface area (Å²) in [7, 11) is 2.15. The number of aromatic nitrogens is 2. The van der Waals surface area contributed by atoms with Gasteiger partial charge in [0.25, 0.3) is 0 Å². The second-order valence-corrected chi connectivity index (χ2v) is 5.84. The Morgan fingerprint density at radius 1 is 1.47 bits per heavy atom. The van der Waals surface area contributed by atoms with Crippen molar-refractivity contribution >= 4 is 22.1 Å². The number of thiazole rings is 1. The summed E-state index contributed by atoms with van der Waals surface area (Å²) in [5.74, 6) is 1.12. The molecule has 1 unspecified atom stereocenters. The van der Waals surface area contributed by atoms with Gasteiger partial charge in [0.2, 0.25) is 0 Å². The molecule has 0 aromatic carbocycles. The normalized spacial score (nSPS) is 13.1. The van der Waals surface area contributed by atoms with E-state index in [9.17, 15) is 0 Å². The van der Waals surface area contributed by atoms with Gasteiger partial charge in [-0.2, -0.15) is 0 Å². The van der Waals surface area contributed by atoms with Gasteiger partial charge in [0.15, 0.2) is 10.8 Å². The summed E-state index contributed by atoms with van der Waals surface area (Å²) >= 11 is 1.70. The molecule has 0 saturated carbocycles. The van der Waals surface area contributed by atoms with Gasteiger partial charge in [-0.05, 0) is 19.9 Å². The van der Waals surface area contributed by atoms with E-state index in [0.29, 0.717) is 6.04 Å². The molecule has 0 bridgehead atoms. The van der Waals surface area contributed by atoms with Crippen molar-refractivity contribution in [2.45, 2.75) is 46.2 Å². The molecule has 2 aromatic heterocycles. The van der Waals surface area contributed by atoms with E-state index in [0.717, 1.165) is 23.9 Å². The average molecular weight is 280 g/mol. The zero-order chi connectivity index (χ0) is 13.8. The van der Waals surface area contributed by atoms with Crippen molar-refractivity contribution in [2.24, 2.45) is 0 Å². The zero-order valence-corrected chi connectivity index (χ0v) is 13.1. The van der Waals surface area contributed by atoms with Crippen molar-refractivity contribution in [1.29, 1.82) is 0 Å². The van der Waals surface area contributed by atoms with Crippen LogP contribution in [0.25, 0.3) is 4.96 Å².